The molecule has 0 saturated heterocycles. The van der Waals surface area contributed by atoms with Crippen molar-refractivity contribution in [2.45, 2.75) is 6.61 Å². The fourth-order valence-electron chi connectivity index (χ4n) is 0.784. The van der Waals surface area contributed by atoms with Crippen molar-refractivity contribution in [1.29, 1.82) is 0 Å². The number of hydrogen-bond acceptors (Lipinski definition) is 4. The predicted molar refractivity (Wildman–Crippen MR) is 45.0 cm³/mol. The highest BCUT2D eigenvalue weighted by atomic mass is 32.1. The molecule has 1 N–H and O–H groups in total. The number of thiazole rings is 1. The molecule has 0 fully saturated rings. The van der Waals surface area contributed by atoms with E-state index in [0.29, 0.717) is 12.6 Å². The first-order valence-corrected chi connectivity index (χ1v) is 4.33. The standard InChI is InChI=1S/C7H7N3OS/c1-2-10-7(9-1)11-5-6-8-3-4-12-6/h1-4H,5H2,(H,9,10). The molecule has 0 bridgehead atoms. The second-order valence-corrected chi connectivity index (χ2v) is 3.09. The Hall–Kier alpha value is -1.36. The molecule has 0 radical (unpaired) electrons. The van der Waals surface area contributed by atoms with Gasteiger partial charge in [-0.1, -0.05) is 0 Å². The van der Waals surface area contributed by atoms with Gasteiger partial charge in [0.25, 0.3) is 6.01 Å². The molecule has 5 heteroatoms. The number of aromatic amines is 1. The lowest BCUT2D eigenvalue weighted by Gasteiger charge is -1.97. The van der Waals surface area contributed by atoms with E-state index in [1.54, 1.807) is 29.9 Å². The summed E-state index contributed by atoms with van der Waals surface area (Å²) >= 11 is 1.57. The van der Waals surface area contributed by atoms with Crippen LogP contribution < -0.4 is 4.74 Å². The number of ether oxygens (including phenoxy) is 1. The van der Waals surface area contributed by atoms with Gasteiger partial charge in [0.1, 0.15) is 11.6 Å². The summed E-state index contributed by atoms with van der Waals surface area (Å²) in [5, 5.41) is 2.87. The molecule has 2 aromatic rings. The summed E-state index contributed by atoms with van der Waals surface area (Å²) in [4.78, 5) is 10.8. The number of imidazole rings is 1. The van der Waals surface area contributed by atoms with Crippen LogP contribution in [0.25, 0.3) is 0 Å². The molecule has 0 amide bonds. The number of nitrogens with zero attached hydrogens (tertiary/aromatic N) is 2. The van der Waals surface area contributed by atoms with Gasteiger partial charge in [0.15, 0.2) is 0 Å². The van der Waals surface area contributed by atoms with Crippen molar-refractivity contribution in [2.75, 3.05) is 0 Å². The molecule has 0 saturated carbocycles. The van der Waals surface area contributed by atoms with Crippen LogP contribution in [0.1, 0.15) is 5.01 Å². The quantitative estimate of drug-likeness (QED) is 0.779. The van der Waals surface area contributed by atoms with Crippen LogP contribution in [0.2, 0.25) is 0 Å². The lowest BCUT2D eigenvalue weighted by atomic mass is 10.7. The minimum absolute atomic E-state index is 0.477. The number of rotatable bonds is 3. The first-order valence-electron chi connectivity index (χ1n) is 3.46. The largest absolute Gasteiger partial charge is 0.457 e. The highest BCUT2D eigenvalue weighted by Gasteiger charge is 1.97. The zero-order valence-electron chi connectivity index (χ0n) is 6.23. The topological polar surface area (TPSA) is 50.8 Å². The van der Waals surface area contributed by atoms with E-state index in [9.17, 15) is 0 Å². The molecule has 0 aliphatic rings. The minimum atomic E-state index is 0.477. The third-order valence-corrected chi connectivity index (χ3v) is 2.04. The van der Waals surface area contributed by atoms with Crippen LogP contribution in [0.3, 0.4) is 0 Å². The van der Waals surface area contributed by atoms with E-state index in [1.165, 1.54) is 0 Å². The van der Waals surface area contributed by atoms with Crippen molar-refractivity contribution >= 4 is 11.3 Å². The summed E-state index contributed by atoms with van der Waals surface area (Å²) in [6.45, 7) is 0.477. The summed E-state index contributed by atoms with van der Waals surface area (Å²) in [6, 6.07) is 0.533. The van der Waals surface area contributed by atoms with Gasteiger partial charge in [-0.25, -0.2) is 9.97 Å². The maximum Gasteiger partial charge on any atom is 0.293 e. The Kier molecular flexibility index (Phi) is 2.04. The molecular weight excluding hydrogens is 174 g/mol. The van der Waals surface area contributed by atoms with E-state index in [1.807, 2.05) is 5.38 Å². The van der Waals surface area contributed by atoms with Crippen LogP contribution in [-0.2, 0) is 6.61 Å². The van der Waals surface area contributed by atoms with Crippen LogP contribution in [-0.4, -0.2) is 15.0 Å². The van der Waals surface area contributed by atoms with E-state index in [2.05, 4.69) is 15.0 Å². The fourth-order valence-corrected chi connectivity index (χ4v) is 1.31. The van der Waals surface area contributed by atoms with Gasteiger partial charge in [-0.2, -0.15) is 0 Å². The molecule has 62 valence electrons. The molecule has 2 aromatic heterocycles. The monoisotopic (exact) mass is 181 g/mol. The summed E-state index contributed by atoms with van der Waals surface area (Å²) in [6.07, 6.45) is 5.12. The fraction of sp³-hybridized carbons (Fsp3) is 0.143. The smallest absolute Gasteiger partial charge is 0.293 e. The second kappa shape index (κ2) is 3.36. The third-order valence-electron chi connectivity index (χ3n) is 1.29. The third kappa shape index (κ3) is 1.62. The van der Waals surface area contributed by atoms with E-state index in [-0.39, 0.29) is 0 Å². The molecule has 2 heterocycles. The van der Waals surface area contributed by atoms with Crippen LogP contribution in [0.4, 0.5) is 0 Å². The number of aromatic nitrogens is 3. The Morgan fingerprint density at radius 2 is 2.42 bits per heavy atom. The van der Waals surface area contributed by atoms with Crippen molar-refractivity contribution in [3.05, 3.63) is 29.0 Å². The highest BCUT2D eigenvalue weighted by Crippen LogP contribution is 2.07. The van der Waals surface area contributed by atoms with Crippen molar-refractivity contribution < 1.29 is 4.74 Å². The van der Waals surface area contributed by atoms with Gasteiger partial charge in [-0.05, 0) is 0 Å². The Morgan fingerprint density at radius 1 is 1.42 bits per heavy atom. The van der Waals surface area contributed by atoms with E-state index in [4.69, 9.17) is 4.74 Å². The van der Waals surface area contributed by atoms with Crippen molar-refractivity contribution in [3.8, 4) is 6.01 Å². The average Bonchev–Trinajstić information content (AvgIpc) is 2.74. The summed E-state index contributed by atoms with van der Waals surface area (Å²) < 4.78 is 5.27. The zero-order chi connectivity index (χ0) is 8.23. The highest BCUT2D eigenvalue weighted by molar-refractivity contribution is 7.09. The second-order valence-electron chi connectivity index (χ2n) is 2.11. The van der Waals surface area contributed by atoms with Gasteiger partial charge < -0.3 is 9.72 Å². The number of nitrogens with one attached hydrogen (secondary N) is 1. The van der Waals surface area contributed by atoms with Gasteiger partial charge in [0.05, 0.1) is 0 Å². The normalized spacial score (nSPS) is 10.0. The molecule has 0 unspecified atom stereocenters. The SMILES string of the molecule is c1c[nH]c(OCc2nccs2)n1. The average molecular weight is 181 g/mol. The first kappa shape index (κ1) is 7.30. The molecule has 0 spiro atoms. The lowest BCUT2D eigenvalue weighted by molar-refractivity contribution is 0.283. The van der Waals surface area contributed by atoms with Crippen LogP contribution in [0.15, 0.2) is 24.0 Å². The molecule has 12 heavy (non-hydrogen) atoms. The molecule has 0 aliphatic heterocycles. The van der Waals surface area contributed by atoms with E-state index in [0.717, 1.165) is 5.01 Å². The molecule has 0 atom stereocenters. The molecule has 0 aromatic carbocycles. The minimum Gasteiger partial charge on any atom is -0.457 e. The molecule has 0 aliphatic carbocycles. The van der Waals surface area contributed by atoms with Crippen LogP contribution in [0.5, 0.6) is 6.01 Å². The zero-order valence-corrected chi connectivity index (χ0v) is 7.04. The Morgan fingerprint density at radius 3 is 3.08 bits per heavy atom. The van der Waals surface area contributed by atoms with Gasteiger partial charge in [0, 0.05) is 24.0 Å². The number of hydrogen-bond donors (Lipinski definition) is 1. The van der Waals surface area contributed by atoms with Crippen LogP contribution in [0, 0.1) is 0 Å². The summed E-state index contributed by atoms with van der Waals surface area (Å²) in [5.41, 5.74) is 0. The van der Waals surface area contributed by atoms with Gasteiger partial charge in [0.2, 0.25) is 0 Å². The predicted octanol–water partition coefficient (Wildman–Crippen LogP) is 1.45. The van der Waals surface area contributed by atoms with Gasteiger partial charge in [-0.3, -0.25) is 0 Å². The van der Waals surface area contributed by atoms with Crippen LogP contribution >= 0.6 is 11.3 Å². The van der Waals surface area contributed by atoms with Gasteiger partial charge >= 0.3 is 0 Å². The number of H-pyrrole nitrogens is 1. The summed E-state index contributed by atoms with van der Waals surface area (Å²) in [5.74, 6) is 0. The van der Waals surface area contributed by atoms with Crippen molar-refractivity contribution in [2.24, 2.45) is 0 Å². The van der Waals surface area contributed by atoms with Crippen molar-refractivity contribution in [1.82, 2.24) is 15.0 Å². The molecular formula is C7H7N3OS. The Bertz CT molecular complexity index is 282. The maximum atomic E-state index is 5.27. The van der Waals surface area contributed by atoms with Gasteiger partial charge in [-0.15, -0.1) is 11.3 Å². The maximum absolute atomic E-state index is 5.27. The van der Waals surface area contributed by atoms with E-state index >= 15 is 0 Å². The Balaban J connectivity index is 1.91. The summed E-state index contributed by atoms with van der Waals surface area (Å²) in [7, 11) is 0. The van der Waals surface area contributed by atoms with Crippen molar-refractivity contribution in [3.63, 3.8) is 0 Å². The van der Waals surface area contributed by atoms with E-state index < -0.39 is 0 Å². The lowest BCUT2D eigenvalue weighted by Crippen LogP contribution is -1.95. The molecule has 4 nitrogen and oxygen atoms in total. The first-order chi connectivity index (χ1) is 5.95. The Labute approximate surface area is 73.3 Å². The molecule has 2 rings (SSSR count).